The molecular weight excluding hydrogens is 254 g/mol. The van der Waals surface area contributed by atoms with Crippen molar-refractivity contribution in [3.8, 4) is 0 Å². The number of hydrogen-bond donors (Lipinski definition) is 3. The molecule has 0 aromatic heterocycles. The lowest BCUT2D eigenvalue weighted by Gasteiger charge is -2.22. The molecule has 0 saturated heterocycles. The number of carbonyl (C=O) groups excluding carboxylic acids is 2. The average Bonchev–Trinajstić information content (AvgIpc) is 2.34. The summed E-state index contributed by atoms with van der Waals surface area (Å²) >= 11 is 0. The van der Waals surface area contributed by atoms with Crippen molar-refractivity contribution in [2.45, 2.75) is 25.8 Å². The monoisotopic (exact) mass is 275 g/mol. The van der Waals surface area contributed by atoms with Crippen molar-refractivity contribution in [3.05, 3.63) is 0 Å². The largest absolute Gasteiger partial charge is 0.480 e. The maximum atomic E-state index is 11.8. The summed E-state index contributed by atoms with van der Waals surface area (Å²) in [5, 5.41) is 11.3. The van der Waals surface area contributed by atoms with E-state index in [1.807, 2.05) is 0 Å². The van der Waals surface area contributed by atoms with Crippen LogP contribution in [0.2, 0.25) is 0 Å². The van der Waals surface area contributed by atoms with Gasteiger partial charge in [-0.05, 0) is 19.8 Å². The Balaban J connectivity index is 4.43. The van der Waals surface area contributed by atoms with Gasteiger partial charge in [0.25, 0.3) is 0 Å². The van der Waals surface area contributed by atoms with Crippen LogP contribution in [0.3, 0.4) is 0 Å². The predicted molar refractivity (Wildman–Crippen MR) is 67.5 cm³/mol. The number of nitrogens with two attached hydrogens (primary N) is 1. The van der Waals surface area contributed by atoms with Crippen LogP contribution in [0.25, 0.3) is 0 Å². The average molecular weight is 275 g/mol. The first-order chi connectivity index (χ1) is 8.92. The smallest absolute Gasteiger partial charge is 0.326 e. The number of likely N-dealkylation sites (N-methyl/N-ethyl adjacent to an activating group) is 1. The summed E-state index contributed by atoms with van der Waals surface area (Å²) in [5.74, 6) is -1.78. The highest BCUT2D eigenvalue weighted by molar-refractivity contribution is 5.86. The summed E-state index contributed by atoms with van der Waals surface area (Å²) in [6.07, 6.45) is 0.763. The Hall–Kier alpha value is -1.83. The summed E-state index contributed by atoms with van der Waals surface area (Å²) in [6, 6.07) is -1.63. The van der Waals surface area contributed by atoms with E-state index in [9.17, 15) is 14.4 Å². The highest BCUT2D eigenvalue weighted by Crippen LogP contribution is 2.00. The van der Waals surface area contributed by atoms with E-state index in [1.54, 1.807) is 6.92 Å². The Morgan fingerprint density at radius 2 is 2.05 bits per heavy atom. The molecule has 0 saturated carbocycles. The van der Waals surface area contributed by atoms with Crippen LogP contribution in [-0.2, 0) is 14.3 Å². The number of amides is 3. The van der Waals surface area contributed by atoms with Gasteiger partial charge < -0.3 is 25.8 Å². The molecule has 19 heavy (non-hydrogen) atoms. The molecule has 0 aromatic carbocycles. The molecule has 3 amide bonds. The van der Waals surface area contributed by atoms with Gasteiger partial charge in [-0.3, -0.25) is 4.79 Å². The molecular formula is C11H21N3O5. The number of urea groups is 1. The lowest BCUT2D eigenvalue weighted by Crippen LogP contribution is -2.50. The molecule has 0 aliphatic rings. The zero-order valence-corrected chi connectivity index (χ0v) is 11.2. The Morgan fingerprint density at radius 1 is 1.42 bits per heavy atom. The second-order valence-electron chi connectivity index (χ2n) is 3.96. The van der Waals surface area contributed by atoms with Crippen LogP contribution >= 0.6 is 0 Å². The van der Waals surface area contributed by atoms with Crippen molar-refractivity contribution in [1.29, 1.82) is 0 Å². The topological polar surface area (TPSA) is 122 Å². The fraction of sp³-hybridized carbons (Fsp3) is 0.727. The zero-order valence-electron chi connectivity index (χ0n) is 11.2. The molecule has 0 heterocycles. The summed E-state index contributed by atoms with van der Waals surface area (Å²) in [7, 11) is 1.51. The van der Waals surface area contributed by atoms with E-state index in [1.165, 1.54) is 7.11 Å². The minimum absolute atomic E-state index is 0.243. The van der Waals surface area contributed by atoms with Gasteiger partial charge in [-0.15, -0.1) is 0 Å². The number of nitrogens with zero attached hydrogens (tertiary/aromatic N) is 1. The summed E-state index contributed by atoms with van der Waals surface area (Å²) in [4.78, 5) is 34.7. The third kappa shape index (κ3) is 7.24. The molecule has 0 spiro atoms. The quantitative estimate of drug-likeness (QED) is 0.484. The first kappa shape index (κ1) is 17.2. The number of ether oxygens (including phenoxy) is 1. The SMILES string of the molecule is CCN(CC(N)=O)C(=O)NC(CCCOC)C(=O)O. The van der Waals surface area contributed by atoms with Gasteiger partial charge in [0.1, 0.15) is 12.6 Å². The normalized spacial score (nSPS) is 11.7. The van der Waals surface area contributed by atoms with Crippen molar-refractivity contribution >= 4 is 17.9 Å². The number of aliphatic carboxylic acids is 1. The van der Waals surface area contributed by atoms with Crippen LogP contribution in [0, 0.1) is 0 Å². The van der Waals surface area contributed by atoms with Crippen LogP contribution in [0.5, 0.6) is 0 Å². The van der Waals surface area contributed by atoms with Crippen molar-refractivity contribution < 1.29 is 24.2 Å². The van der Waals surface area contributed by atoms with Crippen LogP contribution in [-0.4, -0.2) is 60.8 Å². The van der Waals surface area contributed by atoms with Crippen molar-refractivity contribution in [2.24, 2.45) is 5.73 Å². The molecule has 1 unspecified atom stereocenters. The zero-order chi connectivity index (χ0) is 14.8. The van der Waals surface area contributed by atoms with E-state index in [4.69, 9.17) is 15.6 Å². The van der Waals surface area contributed by atoms with Crippen LogP contribution in [0.15, 0.2) is 0 Å². The van der Waals surface area contributed by atoms with Crippen LogP contribution in [0.4, 0.5) is 4.79 Å². The number of carboxylic acids is 1. The molecule has 0 bridgehead atoms. The van der Waals surface area contributed by atoms with Crippen LogP contribution < -0.4 is 11.1 Å². The van der Waals surface area contributed by atoms with Crippen molar-refractivity contribution in [1.82, 2.24) is 10.2 Å². The van der Waals surface area contributed by atoms with Gasteiger partial charge in [0.15, 0.2) is 0 Å². The number of nitrogens with one attached hydrogen (secondary N) is 1. The maximum absolute atomic E-state index is 11.8. The first-order valence-electron chi connectivity index (χ1n) is 5.97. The highest BCUT2D eigenvalue weighted by atomic mass is 16.5. The van der Waals surface area contributed by atoms with E-state index in [0.29, 0.717) is 13.0 Å². The van der Waals surface area contributed by atoms with Gasteiger partial charge in [0.2, 0.25) is 5.91 Å². The molecule has 0 aliphatic heterocycles. The Morgan fingerprint density at radius 3 is 2.47 bits per heavy atom. The van der Waals surface area contributed by atoms with Gasteiger partial charge in [0.05, 0.1) is 0 Å². The molecule has 110 valence electrons. The molecule has 4 N–H and O–H groups in total. The van der Waals surface area contributed by atoms with Gasteiger partial charge in [-0.2, -0.15) is 0 Å². The maximum Gasteiger partial charge on any atom is 0.326 e. The summed E-state index contributed by atoms with van der Waals surface area (Å²) in [5.41, 5.74) is 5.00. The molecule has 8 heteroatoms. The van der Waals surface area contributed by atoms with Gasteiger partial charge in [0, 0.05) is 20.3 Å². The number of hydrogen-bond acceptors (Lipinski definition) is 4. The minimum atomic E-state index is -1.13. The summed E-state index contributed by atoms with van der Waals surface area (Å²) in [6.45, 7) is 2.10. The highest BCUT2D eigenvalue weighted by Gasteiger charge is 2.22. The Bertz CT molecular complexity index is 321. The molecule has 0 aromatic rings. The Labute approximate surface area is 111 Å². The molecule has 0 rings (SSSR count). The third-order valence-electron chi connectivity index (χ3n) is 2.45. The van der Waals surface area contributed by atoms with Crippen LogP contribution in [0.1, 0.15) is 19.8 Å². The van der Waals surface area contributed by atoms with Crippen molar-refractivity contribution in [3.63, 3.8) is 0 Å². The molecule has 0 aliphatic carbocycles. The van der Waals surface area contributed by atoms with Gasteiger partial charge >= 0.3 is 12.0 Å². The Kier molecular flexibility index (Phi) is 8.27. The standard InChI is InChI=1S/C11H21N3O5/c1-3-14(7-9(12)15)11(18)13-8(10(16)17)5-4-6-19-2/h8H,3-7H2,1-2H3,(H2,12,15)(H,13,18)(H,16,17). The van der Waals surface area contributed by atoms with Gasteiger partial charge in [-0.1, -0.05) is 0 Å². The number of carboxylic acid groups (broad SMARTS) is 1. The minimum Gasteiger partial charge on any atom is -0.480 e. The molecule has 8 nitrogen and oxygen atoms in total. The predicted octanol–water partition coefficient (Wildman–Crippen LogP) is -0.617. The molecule has 0 radical (unpaired) electrons. The second-order valence-corrected chi connectivity index (χ2v) is 3.96. The van der Waals surface area contributed by atoms with Gasteiger partial charge in [-0.25, -0.2) is 9.59 Å². The fourth-order valence-corrected chi connectivity index (χ4v) is 1.44. The van der Waals surface area contributed by atoms with E-state index in [-0.39, 0.29) is 19.5 Å². The number of rotatable bonds is 9. The first-order valence-corrected chi connectivity index (χ1v) is 5.97. The lowest BCUT2D eigenvalue weighted by molar-refractivity contribution is -0.139. The fourth-order valence-electron chi connectivity index (χ4n) is 1.44. The van der Waals surface area contributed by atoms with E-state index < -0.39 is 23.9 Å². The molecule has 0 fully saturated rings. The van der Waals surface area contributed by atoms with E-state index in [0.717, 1.165) is 4.90 Å². The number of primary amides is 1. The van der Waals surface area contributed by atoms with E-state index >= 15 is 0 Å². The number of carbonyl (C=O) groups is 3. The van der Waals surface area contributed by atoms with Crippen molar-refractivity contribution in [2.75, 3.05) is 26.8 Å². The second kappa shape index (κ2) is 9.15. The van der Waals surface area contributed by atoms with E-state index in [2.05, 4.69) is 5.32 Å². The number of methoxy groups -OCH3 is 1. The summed E-state index contributed by atoms with van der Waals surface area (Å²) < 4.78 is 4.82. The lowest BCUT2D eigenvalue weighted by atomic mass is 10.1. The third-order valence-corrected chi connectivity index (χ3v) is 2.45. The molecule has 1 atom stereocenters.